The summed E-state index contributed by atoms with van der Waals surface area (Å²) in [6, 6.07) is 3.90. The lowest BCUT2D eigenvalue weighted by atomic mass is 9.79. The molecule has 0 bridgehead atoms. The quantitative estimate of drug-likeness (QED) is 0.718. The summed E-state index contributed by atoms with van der Waals surface area (Å²) in [5, 5.41) is 5.31. The fourth-order valence-corrected chi connectivity index (χ4v) is 2.52. The third kappa shape index (κ3) is 1.36. The normalized spacial score (nSPS) is 16.9. The van der Waals surface area contributed by atoms with Crippen molar-refractivity contribution in [1.82, 2.24) is 9.61 Å². The molecule has 1 saturated carbocycles. The number of aryl methyl sites for hydroxylation is 1. The lowest BCUT2D eigenvalue weighted by Crippen LogP contribution is -2.09. The molecule has 3 heteroatoms. The Morgan fingerprint density at radius 2 is 2.27 bits per heavy atom. The Balaban J connectivity index is 2.25. The number of rotatable bonds is 1. The lowest BCUT2D eigenvalue weighted by molar-refractivity contribution is 0.420. The standard InChI is InChI=1S/C12H13ClN2/c1-8-12(9-3-2-4-9)11-7-10(13)5-6-15(11)14-8/h5-7,9H,2-4H2,1H3. The number of hydrogen-bond donors (Lipinski definition) is 0. The van der Waals surface area contributed by atoms with Crippen LogP contribution in [0.5, 0.6) is 0 Å². The molecule has 0 atom stereocenters. The van der Waals surface area contributed by atoms with E-state index in [2.05, 4.69) is 12.0 Å². The average molecular weight is 221 g/mol. The minimum Gasteiger partial charge on any atom is -0.240 e. The van der Waals surface area contributed by atoms with Gasteiger partial charge in [-0.05, 0) is 37.8 Å². The highest BCUT2D eigenvalue weighted by Crippen LogP contribution is 2.40. The van der Waals surface area contributed by atoms with Crippen molar-refractivity contribution in [1.29, 1.82) is 0 Å². The first-order valence-electron chi connectivity index (χ1n) is 5.40. The summed E-state index contributed by atoms with van der Waals surface area (Å²) in [6.07, 6.45) is 5.89. The van der Waals surface area contributed by atoms with Crippen LogP contribution in [-0.2, 0) is 0 Å². The molecule has 0 unspecified atom stereocenters. The molecule has 0 aromatic carbocycles. The Labute approximate surface area is 93.9 Å². The minimum absolute atomic E-state index is 0.709. The molecule has 2 heterocycles. The zero-order valence-corrected chi connectivity index (χ0v) is 9.46. The van der Waals surface area contributed by atoms with E-state index in [1.807, 2.05) is 22.8 Å². The predicted octanol–water partition coefficient (Wildman–Crippen LogP) is 3.56. The fraction of sp³-hybridized carbons (Fsp3) is 0.417. The Bertz CT molecular complexity index is 512. The molecule has 3 rings (SSSR count). The van der Waals surface area contributed by atoms with Crippen molar-refractivity contribution in [2.24, 2.45) is 0 Å². The van der Waals surface area contributed by atoms with Crippen molar-refractivity contribution in [3.05, 3.63) is 34.6 Å². The number of aromatic nitrogens is 2. The molecular formula is C12H13ClN2. The molecule has 0 saturated heterocycles. The molecule has 0 amide bonds. The third-order valence-electron chi connectivity index (χ3n) is 3.33. The lowest BCUT2D eigenvalue weighted by Gasteiger charge is -2.25. The topological polar surface area (TPSA) is 17.3 Å². The van der Waals surface area contributed by atoms with Crippen LogP contribution in [0.25, 0.3) is 5.52 Å². The van der Waals surface area contributed by atoms with Crippen LogP contribution in [0, 0.1) is 6.92 Å². The highest BCUT2D eigenvalue weighted by Gasteiger charge is 2.25. The van der Waals surface area contributed by atoms with E-state index in [1.165, 1.54) is 30.3 Å². The maximum Gasteiger partial charge on any atom is 0.0714 e. The molecule has 1 aliphatic carbocycles. The smallest absolute Gasteiger partial charge is 0.0714 e. The first kappa shape index (κ1) is 9.22. The van der Waals surface area contributed by atoms with Crippen molar-refractivity contribution < 1.29 is 0 Å². The van der Waals surface area contributed by atoms with Crippen LogP contribution in [0.4, 0.5) is 0 Å². The van der Waals surface area contributed by atoms with Gasteiger partial charge >= 0.3 is 0 Å². The van der Waals surface area contributed by atoms with E-state index in [0.29, 0.717) is 5.92 Å². The number of fused-ring (bicyclic) bond motifs is 1. The van der Waals surface area contributed by atoms with E-state index < -0.39 is 0 Å². The largest absolute Gasteiger partial charge is 0.240 e. The van der Waals surface area contributed by atoms with E-state index in [9.17, 15) is 0 Å². The summed E-state index contributed by atoms with van der Waals surface area (Å²) < 4.78 is 1.94. The van der Waals surface area contributed by atoms with Crippen LogP contribution >= 0.6 is 11.6 Å². The average Bonchev–Trinajstić information content (AvgIpc) is 2.42. The maximum atomic E-state index is 6.02. The summed E-state index contributed by atoms with van der Waals surface area (Å²) in [6.45, 7) is 2.09. The van der Waals surface area contributed by atoms with E-state index in [1.54, 1.807) is 0 Å². The van der Waals surface area contributed by atoms with Crippen molar-refractivity contribution in [2.75, 3.05) is 0 Å². The minimum atomic E-state index is 0.709. The van der Waals surface area contributed by atoms with Gasteiger partial charge in [-0.1, -0.05) is 18.0 Å². The van der Waals surface area contributed by atoms with Gasteiger partial charge in [0.1, 0.15) is 0 Å². The predicted molar refractivity (Wildman–Crippen MR) is 61.5 cm³/mol. The summed E-state index contributed by atoms with van der Waals surface area (Å²) in [5.41, 5.74) is 3.75. The fourth-order valence-electron chi connectivity index (χ4n) is 2.36. The van der Waals surface area contributed by atoms with Gasteiger partial charge < -0.3 is 0 Å². The molecule has 1 fully saturated rings. The monoisotopic (exact) mass is 220 g/mol. The Morgan fingerprint density at radius 3 is 2.93 bits per heavy atom. The van der Waals surface area contributed by atoms with Crippen LogP contribution in [0.15, 0.2) is 18.3 Å². The molecule has 2 aromatic heterocycles. The van der Waals surface area contributed by atoms with Gasteiger partial charge in [-0.2, -0.15) is 5.10 Å². The number of pyridine rings is 1. The summed E-state index contributed by atoms with van der Waals surface area (Å²) >= 11 is 6.02. The van der Waals surface area contributed by atoms with E-state index in [0.717, 1.165) is 10.7 Å². The van der Waals surface area contributed by atoms with Crippen LogP contribution in [0.3, 0.4) is 0 Å². The molecule has 0 radical (unpaired) electrons. The number of halogens is 1. The molecule has 78 valence electrons. The third-order valence-corrected chi connectivity index (χ3v) is 3.57. The molecule has 0 N–H and O–H groups in total. The summed E-state index contributed by atoms with van der Waals surface area (Å²) in [5.74, 6) is 0.709. The molecule has 1 aliphatic rings. The highest BCUT2D eigenvalue weighted by molar-refractivity contribution is 6.30. The Morgan fingerprint density at radius 1 is 1.47 bits per heavy atom. The number of hydrogen-bond acceptors (Lipinski definition) is 1. The van der Waals surface area contributed by atoms with Gasteiger partial charge in [0.25, 0.3) is 0 Å². The van der Waals surface area contributed by atoms with Gasteiger partial charge in [-0.3, -0.25) is 0 Å². The van der Waals surface area contributed by atoms with E-state index in [4.69, 9.17) is 11.6 Å². The molecule has 0 spiro atoms. The van der Waals surface area contributed by atoms with Crippen LogP contribution < -0.4 is 0 Å². The van der Waals surface area contributed by atoms with Crippen molar-refractivity contribution in [3.63, 3.8) is 0 Å². The second-order valence-electron chi connectivity index (χ2n) is 4.30. The van der Waals surface area contributed by atoms with Gasteiger partial charge in [0, 0.05) is 16.8 Å². The van der Waals surface area contributed by atoms with Crippen molar-refractivity contribution in [3.8, 4) is 0 Å². The molecule has 0 aliphatic heterocycles. The van der Waals surface area contributed by atoms with Crippen LogP contribution in [0.1, 0.15) is 36.4 Å². The van der Waals surface area contributed by atoms with Gasteiger partial charge in [-0.25, -0.2) is 4.52 Å². The SMILES string of the molecule is Cc1nn2ccc(Cl)cc2c1C1CCC1. The first-order valence-corrected chi connectivity index (χ1v) is 5.78. The van der Waals surface area contributed by atoms with Gasteiger partial charge in [0.15, 0.2) is 0 Å². The van der Waals surface area contributed by atoms with Crippen LogP contribution in [0.2, 0.25) is 5.02 Å². The summed E-state index contributed by atoms with van der Waals surface area (Å²) in [4.78, 5) is 0. The van der Waals surface area contributed by atoms with Crippen molar-refractivity contribution in [2.45, 2.75) is 32.1 Å². The zero-order chi connectivity index (χ0) is 10.4. The zero-order valence-electron chi connectivity index (χ0n) is 8.70. The summed E-state index contributed by atoms with van der Waals surface area (Å²) in [7, 11) is 0. The van der Waals surface area contributed by atoms with E-state index in [-0.39, 0.29) is 0 Å². The molecular weight excluding hydrogens is 208 g/mol. The second-order valence-corrected chi connectivity index (χ2v) is 4.74. The number of nitrogens with zero attached hydrogens (tertiary/aromatic N) is 2. The first-order chi connectivity index (χ1) is 7.25. The highest BCUT2D eigenvalue weighted by atomic mass is 35.5. The second kappa shape index (κ2) is 3.24. The molecule has 2 nitrogen and oxygen atoms in total. The van der Waals surface area contributed by atoms with Crippen LogP contribution in [-0.4, -0.2) is 9.61 Å². The van der Waals surface area contributed by atoms with Gasteiger partial charge in [0.2, 0.25) is 0 Å². The van der Waals surface area contributed by atoms with E-state index >= 15 is 0 Å². The Hall–Kier alpha value is -1.02. The van der Waals surface area contributed by atoms with Crippen molar-refractivity contribution >= 4 is 17.1 Å². The van der Waals surface area contributed by atoms with Gasteiger partial charge in [0.05, 0.1) is 11.2 Å². The molecule has 15 heavy (non-hydrogen) atoms. The van der Waals surface area contributed by atoms with Gasteiger partial charge in [-0.15, -0.1) is 0 Å². The Kier molecular flexibility index (Phi) is 1.99. The molecule has 2 aromatic rings. The maximum absolute atomic E-state index is 6.02.